The fourth-order valence-electron chi connectivity index (χ4n) is 2.68. The Morgan fingerprint density at radius 1 is 1.07 bits per heavy atom. The normalized spacial score (nSPS) is 10.3. The third-order valence-electron chi connectivity index (χ3n) is 4.09. The molecule has 6 heteroatoms. The van der Waals surface area contributed by atoms with Gasteiger partial charge in [-0.05, 0) is 35.9 Å². The quantitative estimate of drug-likeness (QED) is 0.683. The molecular weight excluding hydrogens is 342 g/mol. The summed E-state index contributed by atoms with van der Waals surface area (Å²) in [5.74, 6) is 0.261. The lowest BCUT2D eigenvalue weighted by Gasteiger charge is -2.10. The molecule has 0 aliphatic heterocycles. The summed E-state index contributed by atoms with van der Waals surface area (Å²) >= 11 is 0. The molecule has 1 N–H and O–H groups in total. The Hall–Kier alpha value is -3.54. The van der Waals surface area contributed by atoms with Crippen LogP contribution in [0.5, 0.6) is 5.75 Å². The fraction of sp³-hybridized carbons (Fsp3) is 0.143. The molecule has 1 aromatic carbocycles. The van der Waals surface area contributed by atoms with Gasteiger partial charge in [-0.1, -0.05) is 24.3 Å². The summed E-state index contributed by atoms with van der Waals surface area (Å²) in [6.45, 7) is 0. The molecule has 0 radical (unpaired) electrons. The van der Waals surface area contributed by atoms with Crippen molar-refractivity contribution in [2.24, 2.45) is 0 Å². The monoisotopic (exact) mass is 361 g/mol. The summed E-state index contributed by atoms with van der Waals surface area (Å²) in [6.07, 6.45) is 1.79. The zero-order valence-corrected chi connectivity index (χ0v) is 15.1. The van der Waals surface area contributed by atoms with Gasteiger partial charge in [-0.25, -0.2) is 4.98 Å². The number of nitrogens with one attached hydrogen (secondary N) is 1. The van der Waals surface area contributed by atoms with Crippen molar-refractivity contribution >= 4 is 11.7 Å². The van der Waals surface area contributed by atoms with Gasteiger partial charge < -0.3 is 10.1 Å². The number of hydrogen-bond donors (Lipinski definition) is 1. The van der Waals surface area contributed by atoms with Crippen LogP contribution >= 0.6 is 0 Å². The molecule has 0 bridgehead atoms. The number of ketones is 1. The zero-order valence-electron chi connectivity index (χ0n) is 15.1. The van der Waals surface area contributed by atoms with Crippen LogP contribution in [0.4, 0.5) is 0 Å². The lowest BCUT2D eigenvalue weighted by atomic mass is 9.99. The van der Waals surface area contributed by atoms with Crippen molar-refractivity contribution in [3.63, 3.8) is 0 Å². The maximum Gasteiger partial charge on any atom is 0.269 e. The van der Waals surface area contributed by atoms with Gasteiger partial charge in [0.25, 0.3) is 5.91 Å². The highest BCUT2D eigenvalue weighted by Crippen LogP contribution is 2.22. The number of ether oxygens (including phenoxy) is 1. The Morgan fingerprint density at radius 3 is 2.63 bits per heavy atom. The first kappa shape index (κ1) is 18.3. The van der Waals surface area contributed by atoms with Gasteiger partial charge in [0.2, 0.25) is 0 Å². The minimum Gasteiger partial charge on any atom is -0.497 e. The molecular formula is C21H19N3O3. The minimum absolute atomic E-state index is 0.0689. The van der Waals surface area contributed by atoms with E-state index in [-0.39, 0.29) is 23.8 Å². The average molecular weight is 361 g/mol. The van der Waals surface area contributed by atoms with Crippen LogP contribution in [0.2, 0.25) is 0 Å². The molecule has 0 atom stereocenters. The summed E-state index contributed by atoms with van der Waals surface area (Å²) in [4.78, 5) is 33.5. The summed E-state index contributed by atoms with van der Waals surface area (Å²) in [5, 5.41) is 2.56. The van der Waals surface area contributed by atoms with Gasteiger partial charge in [0.1, 0.15) is 11.4 Å². The van der Waals surface area contributed by atoms with Crippen molar-refractivity contribution in [3.8, 4) is 17.1 Å². The SMILES string of the molecule is CNC(=O)c1ccc(CC(=O)c2cccc(OC)c2)c(-c2ccccn2)n1. The number of Topliss-reactive ketones (excluding diaryl/α,β-unsaturated/α-hetero) is 1. The molecule has 3 aromatic rings. The van der Waals surface area contributed by atoms with Crippen LogP contribution < -0.4 is 10.1 Å². The predicted molar refractivity (Wildman–Crippen MR) is 102 cm³/mol. The number of carbonyl (C=O) groups excluding carboxylic acids is 2. The smallest absolute Gasteiger partial charge is 0.269 e. The molecule has 2 heterocycles. The number of hydrogen-bond acceptors (Lipinski definition) is 5. The molecule has 3 rings (SSSR count). The van der Waals surface area contributed by atoms with E-state index in [0.717, 1.165) is 0 Å². The van der Waals surface area contributed by atoms with Crippen LogP contribution in [0.15, 0.2) is 60.8 Å². The van der Waals surface area contributed by atoms with Gasteiger partial charge in [-0.3, -0.25) is 14.6 Å². The lowest BCUT2D eigenvalue weighted by molar-refractivity contribution is 0.0957. The van der Waals surface area contributed by atoms with Gasteiger partial charge in [0.15, 0.2) is 5.78 Å². The molecule has 0 fully saturated rings. The van der Waals surface area contributed by atoms with E-state index in [1.54, 1.807) is 68.9 Å². The first-order valence-corrected chi connectivity index (χ1v) is 8.43. The number of carbonyl (C=O) groups is 2. The molecule has 1 amide bonds. The van der Waals surface area contributed by atoms with Gasteiger partial charge in [0.05, 0.1) is 18.5 Å². The lowest BCUT2D eigenvalue weighted by Crippen LogP contribution is -2.20. The van der Waals surface area contributed by atoms with E-state index in [4.69, 9.17) is 4.74 Å². The van der Waals surface area contributed by atoms with E-state index in [2.05, 4.69) is 15.3 Å². The van der Waals surface area contributed by atoms with Gasteiger partial charge in [0, 0.05) is 25.2 Å². The van der Waals surface area contributed by atoms with Gasteiger partial charge >= 0.3 is 0 Å². The highest BCUT2D eigenvalue weighted by molar-refractivity contribution is 5.99. The van der Waals surface area contributed by atoms with Crippen LogP contribution in [0.3, 0.4) is 0 Å². The van der Waals surface area contributed by atoms with Crippen LogP contribution in [0.25, 0.3) is 11.4 Å². The van der Waals surface area contributed by atoms with Crippen molar-refractivity contribution in [1.29, 1.82) is 0 Å². The van der Waals surface area contributed by atoms with E-state index in [9.17, 15) is 9.59 Å². The highest BCUT2D eigenvalue weighted by Gasteiger charge is 2.16. The Kier molecular flexibility index (Phi) is 5.56. The van der Waals surface area contributed by atoms with Crippen LogP contribution in [0.1, 0.15) is 26.4 Å². The molecule has 0 aliphatic rings. The van der Waals surface area contributed by atoms with E-state index < -0.39 is 0 Å². The average Bonchev–Trinajstić information content (AvgIpc) is 2.74. The first-order chi connectivity index (χ1) is 13.1. The third-order valence-corrected chi connectivity index (χ3v) is 4.09. The van der Waals surface area contributed by atoms with E-state index in [1.165, 1.54) is 0 Å². The largest absolute Gasteiger partial charge is 0.497 e. The van der Waals surface area contributed by atoms with Gasteiger partial charge in [-0.2, -0.15) is 0 Å². The number of rotatable bonds is 6. The van der Waals surface area contributed by atoms with Crippen molar-refractivity contribution in [2.45, 2.75) is 6.42 Å². The van der Waals surface area contributed by atoms with Gasteiger partial charge in [-0.15, -0.1) is 0 Å². The number of amides is 1. The number of methoxy groups -OCH3 is 1. The summed E-state index contributed by atoms with van der Waals surface area (Å²) in [7, 11) is 3.11. The Morgan fingerprint density at radius 2 is 1.93 bits per heavy atom. The highest BCUT2D eigenvalue weighted by atomic mass is 16.5. The number of benzene rings is 1. The second-order valence-electron chi connectivity index (χ2n) is 5.83. The molecule has 2 aromatic heterocycles. The molecule has 6 nitrogen and oxygen atoms in total. The Balaban J connectivity index is 1.99. The number of pyridine rings is 2. The Bertz CT molecular complexity index is 971. The Labute approximate surface area is 157 Å². The van der Waals surface area contributed by atoms with Crippen LogP contribution in [-0.4, -0.2) is 35.8 Å². The molecule has 0 unspecified atom stereocenters. The van der Waals surface area contributed by atoms with Crippen molar-refractivity contribution in [2.75, 3.05) is 14.2 Å². The molecule has 0 aliphatic carbocycles. The van der Waals surface area contributed by atoms with Crippen LogP contribution in [-0.2, 0) is 6.42 Å². The topological polar surface area (TPSA) is 81.2 Å². The molecule has 136 valence electrons. The van der Waals surface area contributed by atoms with Crippen molar-refractivity contribution in [3.05, 3.63) is 77.6 Å². The molecule has 0 spiro atoms. The third kappa shape index (κ3) is 4.17. The number of nitrogens with zero attached hydrogens (tertiary/aromatic N) is 2. The van der Waals surface area contributed by atoms with E-state index >= 15 is 0 Å². The van der Waals surface area contributed by atoms with Crippen molar-refractivity contribution < 1.29 is 14.3 Å². The fourth-order valence-corrected chi connectivity index (χ4v) is 2.68. The minimum atomic E-state index is -0.294. The summed E-state index contributed by atoms with van der Waals surface area (Å²) in [6, 6.07) is 15.8. The molecule has 27 heavy (non-hydrogen) atoms. The number of aromatic nitrogens is 2. The van der Waals surface area contributed by atoms with E-state index in [0.29, 0.717) is 28.3 Å². The predicted octanol–water partition coefficient (Wildman–Crippen LogP) is 2.94. The van der Waals surface area contributed by atoms with Crippen molar-refractivity contribution in [1.82, 2.24) is 15.3 Å². The maximum absolute atomic E-state index is 12.8. The zero-order chi connectivity index (χ0) is 19.2. The molecule has 0 saturated heterocycles. The van der Waals surface area contributed by atoms with Crippen LogP contribution in [0, 0.1) is 0 Å². The first-order valence-electron chi connectivity index (χ1n) is 8.43. The van der Waals surface area contributed by atoms with E-state index in [1.807, 2.05) is 6.07 Å². The second kappa shape index (κ2) is 8.23. The standard InChI is InChI=1S/C21H19N3O3/c1-22-21(26)18-10-9-15(20(24-18)17-8-3-4-11-23-17)13-19(25)14-6-5-7-16(12-14)27-2/h3-12H,13H2,1-2H3,(H,22,26). The summed E-state index contributed by atoms with van der Waals surface area (Å²) < 4.78 is 5.18. The molecule has 0 saturated carbocycles. The summed E-state index contributed by atoms with van der Waals surface area (Å²) in [5.41, 5.74) is 2.66. The second-order valence-corrected chi connectivity index (χ2v) is 5.83. The maximum atomic E-state index is 12.8.